The maximum absolute atomic E-state index is 12.9. The summed E-state index contributed by atoms with van der Waals surface area (Å²) in [5, 5.41) is 3.07. The van der Waals surface area contributed by atoms with E-state index in [0.29, 0.717) is 50.2 Å². The molecule has 170 valence electrons. The smallest absolute Gasteiger partial charge is 0.322 e. The molecule has 8 nitrogen and oxygen atoms in total. The number of sulfone groups is 1. The van der Waals surface area contributed by atoms with Gasteiger partial charge in [-0.15, -0.1) is 0 Å². The predicted molar refractivity (Wildman–Crippen MR) is 121 cm³/mol. The maximum Gasteiger partial charge on any atom is 0.322 e. The zero-order chi connectivity index (χ0) is 22.9. The van der Waals surface area contributed by atoms with Crippen molar-refractivity contribution in [3.05, 3.63) is 53.6 Å². The molecular weight excluding hydrogens is 430 g/mol. The summed E-state index contributed by atoms with van der Waals surface area (Å²) in [7, 11) is -1.71. The number of hydrogen-bond donors (Lipinski definition) is 1. The largest absolute Gasteiger partial charge is 0.497 e. The number of benzene rings is 2. The Morgan fingerprint density at radius 1 is 1.06 bits per heavy atom. The maximum atomic E-state index is 12.9. The lowest BCUT2D eigenvalue weighted by Crippen LogP contribution is -2.50. The first-order chi connectivity index (χ1) is 15.3. The van der Waals surface area contributed by atoms with Crippen LogP contribution in [0.5, 0.6) is 5.75 Å². The van der Waals surface area contributed by atoms with Crippen molar-refractivity contribution in [2.24, 2.45) is 0 Å². The molecule has 9 heteroatoms. The van der Waals surface area contributed by atoms with Gasteiger partial charge >= 0.3 is 6.03 Å². The Kier molecular flexibility index (Phi) is 6.10. The monoisotopic (exact) mass is 457 g/mol. The van der Waals surface area contributed by atoms with Crippen molar-refractivity contribution in [1.82, 2.24) is 10.2 Å². The Morgan fingerprint density at radius 2 is 1.81 bits per heavy atom. The molecule has 4 rings (SSSR count). The van der Waals surface area contributed by atoms with Gasteiger partial charge in [-0.2, -0.15) is 0 Å². The number of methoxy groups -OCH3 is 1. The van der Waals surface area contributed by atoms with Crippen LogP contribution in [0.15, 0.2) is 47.4 Å². The molecule has 1 N–H and O–H groups in total. The van der Waals surface area contributed by atoms with Crippen LogP contribution in [0.3, 0.4) is 0 Å². The molecule has 3 amide bonds. The van der Waals surface area contributed by atoms with Crippen LogP contribution in [0.2, 0.25) is 0 Å². The Labute approximate surface area is 188 Å². The molecule has 2 aromatic carbocycles. The Balaban J connectivity index is 1.34. The topological polar surface area (TPSA) is 96.0 Å². The molecule has 1 fully saturated rings. The summed E-state index contributed by atoms with van der Waals surface area (Å²) >= 11 is 0. The van der Waals surface area contributed by atoms with Crippen LogP contribution in [0.1, 0.15) is 28.8 Å². The lowest BCUT2D eigenvalue weighted by Gasteiger charge is -2.33. The number of carbonyl (C=O) groups excluding carboxylic acids is 2. The average molecular weight is 458 g/mol. The summed E-state index contributed by atoms with van der Waals surface area (Å²) in [6.45, 7) is 1.64. The molecule has 2 aliphatic heterocycles. The Morgan fingerprint density at radius 3 is 2.50 bits per heavy atom. The fraction of sp³-hybridized carbons (Fsp3) is 0.391. The minimum absolute atomic E-state index is 0.0174. The number of ether oxygens (including phenoxy) is 1. The van der Waals surface area contributed by atoms with Crippen LogP contribution >= 0.6 is 0 Å². The minimum Gasteiger partial charge on any atom is -0.497 e. The van der Waals surface area contributed by atoms with Crippen LogP contribution in [0.25, 0.3) is 0 Å². The standard InChI is InChI=1S/C23H27N3O5S/c1-31-19-5-3-4-17(14-19)22(27)25-11-9-18(10-12-25)24-23(28)26-13-8-16-15-20(32(2,29)30)6-7-21(16)26/h3-7,14-15,18H,8-13H2,1-2H3,(H,24,28). The zero-order valence-electron chi connectivity index (χ0n) is 18.2. The van der Waals surface area contributed by atoms with E-state index in [2.05, 4.69) is 5.32 Å². The van der Waals surface area contributed by atoms with Gasteiger partial charge in [-0.1, -0.05) is 6.07 Å². The highest BCUT2D eigenvalue weighted by atomic mass is 32.2. The molecule has 0 unspecified atom stereocenters. The van der Waals surface area contributed by atoms with E-state index in [9.17, 15) is 18.0 Å². The first kappa shape index (κ1) is 22.1. The van der Waals surface area contributed by atoms with E-state index >= 15 is 0 Å². The molecule has 0 aromatic heterocycles. The van der Waals surface area contributed by atoms with Crippen molar-refractivity contribution in [2.45, 2.75) is 30.2 Å². The first-order valence-corrected chi connectivity index (χ1v) is 12.5. The van der Waals surface area contributed by atoms with Crippen molar-refractivity contribution >= 4 is 27.5 Å². The van der Waals surface area contributed by atoms with Crippen LogP contribution < -0.4 is 15.0 Å². The van der Waals surface area contributed by atoms with Crippen molar-refractivity contribution in [3.8, 4) is 5.75 Å². The SMILES string of the molecule is COc1cccc(C(=O)N2CCC(NC(=O)N3CCc4cc(S(C)(=O)=O)ccc43)CC2)c1. The van der Waals surface area contributed by atoms with Gasteiger partial charge in [0.05, 0.1) is 12.0 Å². The molecule has 0 spiro atoms. The van der Waals surface area contributed by atoms with Crippen molar-refractivity contribution in [2.75, 3.05) is 37.9 Å². The molecule has 0 atom stereocenters. The van der Waals surface area contributed by atoms with E-state index in [4.69, 9.17) is 4.74 Å². The predicted octanol–water partition coefficient (Wildman–Crippen LogP) is 2.48. The molecule has 2 heterocycles. The minimum atomic E-state index is -3.28. The molecule has 1 saturated heterocycles. The van der Waals surface area contributed by atoms with Crippen molar-refractivity contribution < 1.29 is 22.7 Å². The summed E-state index contributed by atoms with van der Waals surface area (Å²) in [6, 6.07) is 11.8. The van der Waals surface area contributed by atoms with E-state index in [-0.39, 0.29) is 22.9 Å². The Hall–Kier alpha value is -3.07. The molecule has 32 heavy (non-hydrogen) atoms. The highest BCUT2D eigenvalue weighted by molar-refractivity contribution is 7.90. The second-order valence-electron chi connectivity index (χ2n) is 8.21. The number of carbonyl (C=O) groups is 2. The van der Waals surface area contributed by atoms with Crippen LogP contribution in [-0.2, 0) is 16.3 Å². The van der Waals surface area contributed by atoms with E-state index < -0.39 is 9.84 Å². The number of nitrogens with one attached hydrogen (secondary N) is 1. The van der Waals surface area contributed by atoms with Gasteiger partial charge in [0.15, 0.2) is 9.84 Å². The molecule has 0 aliphatic carbocycles. The van der Waals surface area contributed by atoms with E-state index in [1.54, 1.807) is 59.4 Å². The highest BCUT2D eigenvalue weighted by Gasteiger charge is 2.29. The fourth-order valence-electron chi connectivity index (χ4n) is 4.24. The van der Waals surface area contributed by atoms with Gasteiger partial charge in [0, 0.05) is 43.2 Å². The normalized spacial score (nSPS) is 16.6. The van der Waals surface area contributed by atoms with Gasteiger partial charge in [-0.25, -0.2) is 13.2 Å². The van der Waals surface area contributed by atoms with E-state index in [1.807, 2.05) is 0 Å². The number of urea groups is 1. The van der Waals surface area contributed by atoms with Crippen LogP contribution in [0, 0.1) is 0 Å². The first-order valence-electron chi connectivity index (χ1n) is 10.6. The highest BCUT2D eigenvalue weighted by Crippen LogP contribution is 2.30. The molecule has 0 saturated carbocycles. The molecule has 0 radical (unpaired) electrons. The molecule has 0 bridgehead atoms. The van der Waals surface area contributed by atoms with Crippen molar-refractivity contribution in [1.29, 1.82) is 0 Å². The van der Waals surface area contributed by atoms with Gasteiger partial charge in [0.1, 0.15) is 5.75 Å². The average Bonchev–Trinajstić information content (AvgIpc) is 3.22. The number of nitrogens with zero attached hydrogens (tertiary/aromatic N) is 2. The number of fused-ring (bicyclic) bond motifs is 1. The van der Waals surface area contributed by atoms with Gasteiger partial charge in [0.2, 0.25) is 0 Å². The number of piperidine rings is 1. The van der Waals surface area contributed by atoms with Crippen molar-refractivity contribution in [3.63, 3.8) is 0 Å². The van der Waals surface area contributed by atoms with Crippen LogP contribution in [0.4, 0.5) is 10.5 Å². The van der Waals surface area contributed by atoms with E-state index in [0.717, 1.165) is 11.3 Å². The lowest BCUT2D eigenvalue weighted by atomic mass is 10.0. The Bertz CT molecular complexity index is 1140. The quantitative estimate of drug-likeness (QED) is 0.761. The van der Waals surface area contributed by atoms with Crippen LogP contribution in [-0.4, -0.2) is 64.3 Å². The number of rotatable bonds is 4. The third-order valence-electron chi connectivity index (χ3n) is 6.05. The van der Waals surface area contributed by atoms with Gasteiger partial charge in [0.25, 0.3) is 5.91 Å². The molecule has 2 aliphatic rings. The second-order valence-corrected chi connectivity index (χ2v) is 10.2. The number of hydrogen-bond acceptors (Lipinski definition) is 5. The molecule has 2 aromatic rings. The van der Waals surface area contributed by atoms with E-state index in [1.165, 1.54) is 6.26 Å². The lowest BCUT2D eigenvalue weighted by molar-refractivity contribution is 0.0708. The number of anilines is 1. The summed E-state index contributed by atoms with van der Waals surface area (Å²) in [5.41, 5.74) is 2.20. The molecular formula is C23H27N3O5S. The zero-order valence-corrected chi connectivity index (χ0v) is 19.0. The number of amides is 3. The fourth-order valence-corrected chi connectivity index (χ4v) is 4.91. The summed E-state index contributed by atoms with van der Waals surface area (Å²) in [4.78, 5) is 29.4. The third kappa shape index (κ3) is 4.57. The second kappa shape index (κ2) is 8.82. The summed E-state index contributed by atoms with van der Waals surface area (Å²) < 4.78 is 28.8. The number of likely N-dealkylation sites (tertiary alicyclic amines) is 1. The summed E-state index contributed by atoms with van der Waals surface area (Å²) in [5.74, 6) is 0.608. The third-order valence-corrected chi connectivity index (χ3v) is 7.16. The van der Waals surface area contributed by atoms with Gasteiger partial charge in [-0.05, 0) is 61.2 Å². The van der Waals surface area contributed by atoms with Gasteiger partial charge < -0.3 is 15.0 Å². The summed E-state index contributed by atoms with van der Waals surface area (Å²) in [6.07, 6.45) is 3.16. The van der Waals surface area contributed by atoms with Gasteiger partial charge in [-0.3, -0.25) is 9.69 Å².